The van der Waals surface area contributed by atoms with Gasteiger partial charge >= 0.3 is 0 Å². The molecule has 22 heavy (non-hydrogen) atoms. The Balaban J connectivity index is 1.98. The molecule has 3 rings (SSSR count). The van der Waals surface area contributed by atoms with Gasteiger partial charge < -0.3 is 10.6 Å². The Morgan fingerprint density at radius 1 is 1.05 bits per heavy atom. The van der Waals surface area contributed by atoms with E-state index in [9.17, 15) is 0 Å². The lowest BCUT2D eigenvalue weighted by Gasteiger charge is -2.24. The molecule has 1 heterocycles. The van der Waals surface area contributed by atoms with E-state index in [1.165, 1.54) is 11.3 Å². The standard InChI is InChI=1S/C19H21N3/c1-22-14-6-13-21-18(16-8-3-5-10-19(16)22)12-11-15-7-2-4-9-17(15)20/h2-5,7-12H,6,13-14,20H2,1H3/b12-11+,21-18?. The monoisotopic (exact) mass is 291 g/mol. The molecule has 1 aliphatic rings. The third kappa shape index (κ3) is 3.03. The highest BCUT2D eigenvalue weighted by Crippen LogP contribution is 2.23. The number of rotatable bonds is 2. The van der Waals surface area contributed by atoms with Gasteiger partial charge in [-0.15, -0.1) is 0 Å². The number of nitrogens with two attached hydrogens (primary N) is 1. The highest BCUT2D eigenvalue weighted by molar-refractivity contribution is 6.14. The summed E-state index contributed by atoms with van der Waals surface area (Å²) >= 11 is 0. The van der Waals surface area contributed by atoms with Crippen LogP contribution in [0.4, 0.5) is 11.4 Å². The number of nitrogen functional groups attached to an aromatic ring is 1. The van der Waals surface area contributed by atoms with Crippen LogP contribution >= 0.6 is 0 Å². The Labute approximate surface area is 131 Å². The largest absolute Gasteiger partial charge is 0.398 e. The molecule has 2 aromatic carbocycles. The molecule has 0 bridgehead atoms. The van der Waals surface area contributed by atoms with Crippen molar-refractivity contribution in [1.29, 1.82) is 0 Å². The molecule has 0 radical (unpaired) electrons. The minimum Gasteiger partial charge on any atom is -0.398 e. The third-order valence-corrected chi connectivity index (χ3v) is 3.94. The Kier molecular flexibility index (Phi) is 4.24. The minimum atomic E-state index is 0.788. The number of hydrogen-bond acceptors (Lipinski definition) is 3. The average molecular weight is 291 g/mol. The number of para-hydroxylation sites is 2. The predicted octanol–water partition coefficient (Wildman–Crippen LogP) is 3.61. The zero-order valence-electron chi connectivity index (χ0n) is 12.9. The number of hydrogen-bond donors (Lipinski definition) is 1. The van der Waals surface area contributed by atoms with Crippen molar-refractivity contribution in [3.63, 3.8) is 0 Å². The average Bonchev–Trinajstić information content (AvgIpc) is 2.54. The van der Waals surface area contributed by atoms with E-state index >= 15 is 0 Å². The van der Waals surface area contributed by atoms with Crippen LogP contribution in [0.3, 0.4) is 0 Å². The second-order valence-electron chi connectivity index (χ2n) is 5.52. The van der Waals surface area contributed by atoms with Crippen LogP contribution in [0.25, 0.3) is 6.08 Å². The normalized spacial score (nSPS) is 15.1. The fourth-order valence-corrected chi connectivity index (χ4v) is 2.71. The Morgan fingerprint density at radius 2 is 1.82 bits per heavy atom. The van der Waals surface area contributed by atoms with Crippen LogP contribution in [0.5, 0.6) is 0 Å². The Morgan fingerprint density at radius 3 is 2.68 bits per heavy atom. The molecule has 3 nitrogen and oxygen atoms in total. The van der Waals surface area contributed by atoms with Crippen molar-refractivity contribution in [2.45, 2.75) is 6.42 Å². The Bertz CT molecular complexity index is 716. The number of anilines is 2. The van der Waals surface area contributed by atoms with Gasteiger partial charge in [0.25, 0.3) is 0 Å². The van der Waals surface area contributed by atoms with Crippen molar-refractivity contribution in [3.05, 3.63) is 65.7 Å². The first-order valence-electron chi connectivity index (χ1n) is 7.63. The topological polar surface area (TPSA) is 41.6 Å². The molecule has 112 valence electrons. The van der Waals surface area contributed by atoms with Gasteiger partial charge in [-0.3, -0.25) is 4.99 Å². The van der Waals surface area contributed by atoms with Gasteiger partial charge in [0.15, 0.2) is 0 Å². The van der Waals surface area contributed by atoms with E-state index in [-0.39, 0.29) is 0 Å². The zero-order valence-corrected chi connectivity index (χ0v) is 12.9. The van der Waals surface area contributed by atoms with Crippen molar-refractivity contribution in [1.82, 2.24) is 0 Å². The summed E-state index contributed by atoms with van der Waals surface area (Å²) in [5, 5.41) is 0. The molecule has 0 spiro atoms. The van der Waals surface area contributed by atoms with Gasteiger partial charge in [0.05, 0.1) is 5.71 Å². The van der Waals surface area contributed by atoms with Crippen molar-refractivity contribution in [2.75, 3.05) is 30.8 Å². The molecular formula is C19H21N3. The predicted molar refractivity (Wildman–Crippen MR) is 95.6 cm³/mol. The summed E-state index contributed by atoms with van der Waals surface area (Å²) in [4.78, 5) is 7.07. The van der Waals surface area contributed by atoms with Gasteiger partial charge in [-0.25, -0.2) is 0 Å². The number of aliphatic imine (C=N–C) groups is 1. The smallest absolute Gasteiger partial charge is 0.0667 e. The maximum atomic E-state index is 6.01. The van der Waals surface area contributed by atoms with Crippen molar-refractivity contribution < 1.29 is 0 Å². The molecule has 2 N–H and O–H groups in total. The van der Waals surface area contributed by atoms with Crippen LogP contribution < -0.4 is 10.6 Å². The molecule has 0 amide bonds. The first kappa shape index (κ1) is 14.4. The van der Waals surface area contributed by atoms with E-state index in [0.717, 1.165) is 36.5 Å². The molecule has 0 aromatic heterocycles. The number of allylic oxidation sites excluding steroid dienone is 1. The van der Waals surface area contributed by atoms with E-state index in [2.05, 4.69) is 42.3 Å². The molecule has 0 saturated heterocycles. The number of nitrogens with zero attached hydrogens (tertiary/aromatic N) is 2. The van der Waals surface area contributed by atoms with Gasteiger partial charge in [-0.2, -0.15) is 0 Å². The lowest BCUT2D eigenvalue weighted by molar-refractivity contribution is 0.790. The molecule has 0 atom stereocenters. The van der Waals surface area contributed by atoms with Crippen LogP contribution in [-0.4, -0.2) is 25.8 Å². The van der Waals surface area contributed by atoms with E-state index < -0.39 is 0 Å². The quantitative estimate of drug-likeness (QED) is 0.859. The molecular weight excluding hydrogens is 270 g/mol. The summed E-state index contributed by atoms with van der Waals surface area (Å²) in [6.45, 7) is 1.88. The molecule has 0 fully saturated rings. The number of fused-ring (bicyclic) bond motifs is 1. The van der Waals surface area contributed by atoms with Gasteiger partial charge in [-0.05, 0) is 30.2 Å². The first-order chi connectivity index (χ1) is 10.8. The summed E-state index contributed by atoms with van der Waals surface area (Å²) < 4.78 is 0. The highest BCUT2D eigenvalue weighted by Gasteiger charge is 2.12. The zero-order chi connectivity index (χ0) is 15.4. The molecule has 1 aliphatic heterocycles. The van der Waals surface area contributed by atoms with E-state index in [0.29, 0.717) is 0 Å². The summed E-state index contributed by atoms with van der Waals surface area (Å²) in [7, 11) is 2.14. The lowest BCUT2D eigenvalue weighted by atomic mass is 10.0. The van der Waals surface area contributed by atoms with Crippen LogP contribution in [0, 0.1) is 0 Å². The third-order valence-electron chi connectivity index (χ3n) is 3.94. The minimum absolute atomic E-state index is 0.788. The molecule has 2 aromatic rings. The molecule has 0 aliphatic carbocycles. The van der Waals surface area contributed by atoms with Crippen LogP contribution in [0.15, 0.2) is 59.6 Å². The summed E-state index contributed by atoms with van der Waals surface area (Å²) in [5.41, 5.74) is 11.2. The fraction of sp³-hybridized carbons (Fsp3) is 0.211. The first-order valence-corrected chi connectivity index (χ1v) is 7.63. The van der Waals surface area contributed by atoms with Crippen LogP contribution in [0.2, 0.25) is 0 Å². The van der Waals surface area contributed by atoms with Gasteiger partial charge in [-0.1, -0.05) is 42.5 Å². The lowest BCUT2D eigenvalue weighted by Crippen LogP contribution is -2.23. The van der Waals surface area contributed by atoms with Gasteiger partial charge in [0.2, 0.25) is 0 Å². The second kappa shape index (κ2) is 6.48. The van der Waals surface area contributed by atoms with Crippen molar-refractivity contribution in [3.8, 4) is 0 Å². The molecule has 3 heteroatoms. The summed E-state index contributed by atoms with van der Waals surface area (Å²) in [6.07, 6.45) is 5.19. The van der Waals surface area contributed by atoms with E-state index in [1.54, 1.807) is 0 Å². The number of benzene rings is 2. The van der Waals surface area contributed by atoms with Gasteiger partial charge in [0, 0.05) is 37.1 Å². The fourth-order valence-electron chi connectivity index (χ4n) is 2.71. The maximum absolute atomic E-state index is 6.01. The second-order valence-corrected chi connectivity index (χ2v) is 5.52. The molecule has 0 unspecified atom stereocenters. The van der Waals surface area contributed by atoms with E-state index in [1.807, 2.05) is 30.3 Å². The molecule has 0 saturated carbocycles. The maximum Gasteiger partial charge on any atom is 0.0667 e. The van der Waals surface area contributed by atoms with Crippen molar-refractivity contribution >= 4 is 23.2 Å². The SMILES string of the molecule is CN1CCCN=C(/C=C/c2ccccc2N)c2ccccc21. The van der Waals surface area contributed by atoms with Crippen LogP contribution in [0.1, 0.15) is 17.5 Å². The van der Waals surface area contributed by atoms with Crippen LogP contribution in [-0.2, 0) is 0 Å². The van der Waals surface area contributed by atoms with Gasteiger partial charge in [0.1, 0.15) is 0 Å². The van der Waals surface area contributed by atoms with E-state index in [4.69, 9.17) is 10.7 Å². The van der Waals surface area contributed by atoms with Crippen molar-refractivity contribution in [2.24, 2.45) is 4.99 Å². The summed E-state index contributed by atoms with van der Waals surface area (Å²) in [6, 6.07) is 16.3. The summed E-state index contributed by atoms with van der Waals surface area (Å²) in [5.74, 6) is 0. The highest BCUT2D eigenvalue weighted by atomic mass is 15.1. The Hall–Kier alpha value is -2.55.